The van der Waals surface area contributed by atoms with Crippen molar-refractivity contribution in [3.8, 4) is 0 Å². The Balaban J connectivity index is 3.40. The van der Waals surface area contributed by atoms with E-state index in [0.29, 0.717) is 19.1 Å². The first kappa shape index (κ1) is 13.8. The monoisotopic (exact) mass is 202 g/mol. The van der Waals surface area contributed by atoms with Crippen molar-refractivity contribution in [3.05, 3.63) is 0 Å². The topological polar surface area (TPSA) is 81.3 Å². The van der Waals surface area contributed by atoms with Gasteiger partial charge >= 0.3 is 0 Å². The van der Waals surface area contributed by atoms with Crippen LogP contribution in [0, 0.1) is 0 Å². The van der Waals surface area contributed by atoms with Gasteiger partial charge in [0.25, 0.3) is 0 Å². The van der Waals surface area contributed by atoms with Crippen LogP contribution < -0.4 is 17.2 Å². The highest BCUT2D eigenvalue weighted by atomic mass is 15.1. The largest absolute Gasteiger partial charge is 0.329 e. The van der Waals surface area contributed by atoms with Crippen molar-refractivity contribution in [2.45, 2.75) is 32.2 Å². The van der Waals surface area contributed by atoms with Gasteiger partial charge in [-0.15, -0.1) is 0 Å². The average Bonchev–Trinajstić information content (AvgIpc) is 2.12. The Morgan fingerprint density at radius 3 is 2.00 bits per heavy atom. The lowest BCUT2D eigenvalue weighted by atomic mass is 10.1. The third-order valence-electron chi connectivity index (χ3n) is 2.27. The van der Waals surface area contributed by atoms with Crippen molar-refractivity contribution in [1.82, 2.24) is 4.90 Å². The van der Waals surface area contributed by atoms with E-state index in [1.54, 1.807) is 0 Å². The van der Waals surface area contributed by atoms with Gasteiger partial charge in [0.2, 0.25) is 0 Å². The van der Waals surface area contributed by atoms with Gasteiger partial charge in [0.1, 0.15) is 0 Å². The second-order valence-electron chi connectivity index (χ2n) is 3.89. The van der Waals surface area contributed by atoms with Crippen LogP contribution in [0.15, 0.2) is 0 Å². The lowest BCUT2D eigenvalue weighted by Crippen LogP contribution is -2.34. The first-order valence-corrected chi connectivity index (χ1v) is 5.58. The fourth-order valence-corrected chi connectivity index (χ4v) is 1.50. The van der Waals surface area contributed by atoms with E-state index in [1.807, 2.05) is 0 Å². The molecule has 0 rings (SSSR count). The first-order chi connectivity index (χ1) is 6.70. The van der Waals surface area contributed by atoms with Gasteiger partial charge in [-0.25, -0.2) is 0 Å². The summed E-state index contributed by atoms with van der Waals surface area (Å²) >= 11 is 0. The molecule has 0 saturated heterocycles. The highest BCUT2D eigenvalue weighted by molar-refractivity contribution is 4.60. The van der Waals surface area contributed by atoms with Gasteiger partial charge < -0.3 is 22.1 Å². The predicted molar refractivity (Wildman–Crippen MR) is 62.0 cm³/mol. The Morgan fingerprint density at radius 2 is 1.57 bits per heavy atom. The van der Waals surface area contributed by atoms with Gasteiger partial charge in [-0.05, 0) is 26.3 Å². The van der Waals surface area contributed by atoms with Gasteiger partial charge in [0.05, 0.1) is 0 Å². The van der Waals surface area contributed by atoms with E-state index in [1.165, 1.54) is 12.8 Å². The van der Waals surface area contributed by atoms with E-state index in [4.69, 9.17) is 17.2 Å². The molecular formula is C10H26N4. The molecule has 1 atom stereocenters. The molecule has 0 aliphatic carbocycles. The lowest BCUT2D eigenvalue weighted by molar-refractivity contribution is 0.281. The van der Waals surface area contributed by atoms with Crippen molar-refractivity contribution in [1.29, 1.82) is 0 Å². The van der Waals surface area contributed by atoms with E-state index in [-0.39, 0.29) is 0 Å². The van der Waals surface area contributed by atoms with Crippen molar-refractivity contribution in [2.24, 2.45) is 17.2 Å². The molecule has 0 amide bonds. The van der Waals surface area contributed by atoms with E-state index in [2.05, 4.69) is 11.8 Å². The highest BCUT2D eigenvalue weighted by Crippen LogP contribution is 2.00. The van der Waals surface area contributed by atoms with Gasteiger partial charge in [-0.3, -0.25) is 0 Å². The van der Waals surface area contributed by atoms with E-state index in [9.17, 15) is 0 Å². The summed E-state index contributed by atoms with van der Waals surface area (Å²) in [7, 11) is 0. The molecule has 0 aromatic heterocycles. The van der Waals surface area contributed by atoms with Crippen LogP contribution in [0.25, 0.3) is 0 Å². The predicted octanol–water partition coefficient (Wildman–Crippen LogP) is -0.277. The van der Waals surface area contributed by atoms with Crippen molar-refractivity contribution in [3.63, 3.8) is 0 Å². The minimum atomic E-state index is 0.326. The van der Waals surface area contributed by atoms with Gasteiger partial charge in [-0.1, -0.05) is 6.42 Å². The van der Waals surface area contributed by atoms with Crippen LogP contribution in [0.5, 0.6) is 0 Å². The molecule has 4 heteroatoms. The van der Waals surface area contributed by atoms with Gasteiger partial charge in [0, 0.05) is 32.2 Å². The van der Waals surface area contributed by atoms with E-state index in [0.717, 1.165) is 26.1 Å². The normalized spacial score (nSPS) is 13.5. The standard InChI is InChI=1S/C10H26N4/c1-10(13)4-2-3-7-14(8-5-11)9-6-12/h10H,2-9,11-13H2,1H3. The molecule has 0 spiro atoms. The Morgan fingerprint density at radius 1 is 1.00 bits per heavy atom. The Labute approximate surface area is 87.8 Å². The molecule has 0 aliphatic heterocycles. The number of nitrogens with zero attached hydrogens (tertiary/aromatic N) is 1. The third kappa shape index (κ3) is 8.44. The zero-order valence-electron chi connectivity index (χ0n) is 9.41. The van der Waals surface area contributed by atoms with Crippen LogP contribution in [0.4, 0.5) is 0 Å². The quantitative estimate of drug-likeness (QED) is 0.449. The Hall–Kier alpha value is -0.160. The summed E-state index contributed by atoms with van der Waals surface area (Å²) in [5, 5.41) is 0. The molecule has 0 radical (unpaired) electrons. The average molecular weight is 202 g/mol. The summed E-state index contributed by atoms with van der Waals surface area (Å²) in [5.74, 6) is 0. The van der Waals surface area contributed by atoms with E-state index < -0.39 is 0 Å². The Kier molecular flexibility index (Phi) is 9.29. The molecule has 0 aromatic carbocycles. The van der Waals surface area contributed by atoms with Gasteiger partial charge in [0.15, 0.2) is 0 Å². The Bertz CT molecular complexity index is 111. The molecule has 0 fully saturated rings. The number of nitrogens with two attached hydrogens (primary N) is 3. The molecule has 0 aromatic rings. The highest BCUT2D eigenvalue weighted by Gasteiger charge is 2.02. The second kappa shape index (κ2) is 9.40. The smallest absolute Gasteiger partial charge is 0.0105 e. The summed E-state index contributed by atoms with van der Waals surface area (Å²) in [4.78, 5) is 2.32. The van der Waals surface area contributed by atoms with Crippen LogP contribution in [-0.4, -0.2) is 43.7 Å². The van der Waals surface area contributed by atoms with Gasteiger partial charge in [-0.2, -0.15) is 0 Å². The number of rotatable bonds is 9. The maximum Gasteiger partial charge on any atom is 0.0105 e. The molecule has 1 unspecified atom stereocenters. The minimum absolute atomic E-state index is 0.326. The zero-order valence-corrected chi connectivity index (χ0v) is 9.41. The van der Waals surface area contributed by atoms with Crippen LogP contribution >= 0.6 is 0 Å². The molecule has 0 bridgehead atoms. The molecule has 6 N–H and O–H groups in total. The summed E-state index contributed by atoms with van der Waals surface area (Å²) in [5.41, 5.74) is 16.7. The summed E-state index contributed by atoms with van der Waals surface area (Å²) in [6.07, 6.45) is 3.50. The SMILES string of the molecule is CC(N)CCCCN(CCN)CCN. The van der Waals surface area contributed by atoms with Crippen LogP contribution in [0.2, 0.25) is 0 Å². The minimum Gasteiger partial charge on any atom is -0.329 e. The maximum atomic E-state index is 5.67. The fraction of sp³-hybridized carbons (Fsp3) is 1.00. The van der Waals surface area contributed by atoms with Crippen LogP contribution in [0.1, 0.15) is 26.2 Å². The summed E-state index contributed by atoms with van der Waals surface area (Å²) < 4.78 is 0. The number of hydrogen-bond donors (Lipinski definition) is 3. The summed E-state index contributed by atoms with van der Waals surface area (Å²) in [6, 6.07) is 0.326. The third-order valence-corrected chi connectivity index (χ3v) is 2.27. The fourth-order valence-electron chi connectivity index (χ4n) is 1.50. The second-order valence-corrected chi connectivity index (χ2v) is 3.89. The first-order valence-electron chi connectivity index (χ1n) is 5.58. The van der Waals surface area contributed by atoms with Crippen molar-refractivity contribution in [2.75, 3.05) is 32.7 Å². The maximum absolute atomic E-state index is 5.67. The molecule has 0 heterocycles. The molecule has 0 aliphatic rings. The molecule has 86 valence electrons. The molecule has 4 nitrogen and oxygen atoms in total. The zero-order chi connectivity index (χ0) is 10.8. The molecule has 0 saturated carbocycles. The van der Waals surface area contributed by atoms with Crippen molar-refractivity contribution >= 4 is 0 Å². The molecular weight excluding hydrogens is 176 g/mol. The van der Waals surface area contributed by atoms with Crippen LogP contribution in [-0.2, 0) is 0 Å². The summed E-state index contributed by atoms with van der Waals surface area (Å²) in [6.45, 7) is 6.49. The molecule has 14 heavy (non-hydrogen) atoms. The van der Waals surface area contributed by atoms with Crippen LogP contribution in [0.3, 0.4) is 0 Å². The van der Waals surface area contributed by atoms with E-state index >= 15 is 0 Å². The van der Waals surface area contributed by atoms with Crippen molar-refractivity contribution < 1.29 is 0 Å². The number of hydrogen-bond acceptors (Lipinski definition) is 4. The lowest BCUT2D eigenvalue weighted by Gasteiger charge is -2.20. The number of unbranched alkanes of at least 4 members (excludes halogenated alkanes) is 1.